The maximum absolute atomic E-state index is 12.5. The summed E-state index contributed by atoms with van der Waals surface area (Å²) in [6.07, 6.45) is 15.2. The van der Waals surface area contributed by atoms with Crippen LogP contribution in [0.1, 0.15) is 92.4 Å². The lowest BCUT2D eigenvalue weighted by Gasteiger charge is -2.16. The fraction of sp³-hybridized carbons (Fsp3) is 0.714. The Kier molecular flexibility index (Phi) is 14.5. The number of ether oxygens (including phenoxy) is 2. The zero-order chi connectivity index (χ0) is 24.8. The van der Waals surface area contributed by atoms with Crippen molar-refractivity contribution in [3.05, 3.63) is 34.1 Å². The summed E-state index contributed by atoms with van der Waals surface area (Å²) in [5.41, 5.74) is 1.34. The largest absolute Gasteiger partial charge is 0.490 e. The molecule has 2 atom stereocenters. The van der Waals surface area contributed by atoms with Crippen LogP contribution < -0.4 is 0 Å². The Morgan fingerprint density at radius 2 is 1.42 bits per heavy atom. The molecule has 33 heavy (non-hydrogen) atoms. The van der Waals surface area contributed by atoms with Crippen molar-refractivity contribution in [3.63, 3.8) is 0 Å². The molecule has 1 aliphatic carbocycles. The number of methoxy groups -OCH3 is 2. The molecule has 0 aromatic rings. The average molecular weight is 479 g/mol. The lowest BCUT2D eigenvalue weighted by atomic mass is 9.91. The van der Waals surface area contributed by atoms with E-state index in [0.717, 1.165) is 24.2 Å². The fourth-order valence-electron chi connectivity index (χ4n) is 4.15. The topological polar surface area (TPSA) is 52.6 Å². The van der Waals surface area contributed by atoms with Gasteiger partial charge in [-0.3, -0.25) is 9.59 Å². The third-order valence-corrected chi connectivity index (χ3v) is 7.29. The zero-order valence-electron chi connectivity index (χ0n) is 22.0. The summed E-state index contributed by atoms with van der Waals surface area (Å²) in [6.45, 7) is 11.6. The van der Waals surface area contributed by atoms with Gasteiger partial charge in [0.2, 0.25) is 23.1 Å². The van der Waals surface area contributed by atoms with Crippen LogP contribution in [0.15, 0.2) is 34.1 Å². The first-order valence-electron chi connectivity index (χ1n) is 12.6. The van der Waals surface area contributed by atoms with Gasteiger partial charge >= 0.3 is 0 Å². The van der Waals surface area contributed by atoms with Crippen LogP contribution in [0.3, 0.4) is 0 Å². The Morgan fingerprint density at radius 1 is 0.879 bits per heavy atom. The second-order valence-corrected chi connectivity index (χ2v) is 11.1. The van der Waals surface area contributed by atoms with Gasteiger partial charge in [0, 0.05) is 11.8 Å². The van der Waals surface area contributed by atoms with E-state index in [1.807, 2.05) is 0 Å². The van der Waals surface area contributed by atoms with Crippen molar-refractivity contribution in [2.45, 2.75) is 92.4 Å². The van der Waals surface area contributed by atoms with Crippen LogP contribution in [0.2, 0.25) is 0 Å². The van der Waals surface area contributed by atoms with Crippen LogP contribution in [0.4, 0.5) is 0 Å². The van der Waals surface area contributed by atoms with Gasteiger partial charge in [-0.05, 0) is 37.5 Å². The number of carbonyl (C=O) groups is 2. The number of rotatable bonds is 17. The summed E-state index contributed by atoms with van der Waals surface area (Å²) in [6, 6.07) is 0. The van der Waals surface area contributed by atoms with E-state index >= 15 is 0 Å². The molecule has 0 amide bonds. The number of hydrogen-bond acceptors (Lipinski definition) is 5. The van der Waals surface area contributed by atoms with Crippen molar-refractivity contribution in [1.82, 2.24) is 0 Å². The SMILES string of the molecule is COC1=C(OC)C(=O)C(SC/C=C(\C)CCC[C@H](C)CCC[C@@H](C)CCCC(C)C)=CC1=O. The molecule has 188 valence electrons. The predicted octanol–water partition coefficient (Wildman–Crippen LogP) is 7.65. The number of Topliss-reactive ketones (excluding diaryl/α,β-unsaturated/α-hetero) is 1. The Hall–Kier alpha value is -1.49. The van der Waals surface area contributed by atoms with E-state index in [9.17, 15) is 9.59 Å². The minimum atomic E-state index is -0.323. The molecular weight excluding hydrogens is 432 g/mol. The van der Waals surface area contributed by atoms with Gasteiger partial charge in [0.15, 0.2) is 0 Å². The van der Waals surface area contributed by atoms with Gasteiger partial charge in [-0.2, -0.15) is 0 Å². The van der Waals surface area contributed by atoms with Gasteiger partial charge < -0.3 is 9.47 Å². The summed E-state index contributed by atoms with van der Waals surface area (Å²) in [4.78, 5) is 25.0. The van der Waals surface area contributed by atoms with Crippen molar-refractivity contribution >= 4 is 23.3 Å². The summed E-state index contributed by atoms with van der Waals surface area (Å²) >= 11 is 1.37. The van der Waals surface area contributed by atoms with Crippen molar-refractivity contribution in [2.75, 3.05) is 20.0 Å². The highest BCUT2D eigenvalue weighted by molar-refractivity contribution is 8.04. The van der Waals surface area contributed by atoms with E-state index in [2.05, 4.69) is 40.7 Å². The highest BCUT2D eigenvalue weighted by Crippen LogP contribution is 2.28. The fourth-order valence-corrected chi connectivity index (χ4v) is 5.11. The second kappa shape index (κ2) is 16.2. The van der Waals surface area contributed by atoms with Crippen LogP contribution in [0.5, 0.6) is 0 Å². The highest BCUT2D eigenvalue weighted by Gasteiger charge is 2.30. The lowest BCUT2D eigenvalue weighted by molar-refractivity contribution is -0.119. The normalized spacial score (nSPS) is 16.8. The first kappa shape index (κ1) is 29.5. The van der Waals surface area contributed by atoms with Crippen LogP contribution in [-0.2, 0) is 19.1 Å². The molecule has 0 aromatic heterocycles. The first-order valence-corrected chi connectivity index (χ1v) is 13.6. The monoisotopic (exact) mass is 478 g/mol. The van der Waals surface area contributed by atoms with Gasteiger partial charge in [-0.25, -0.2) is 0 Å². The van der Waals surface area contributed by atoms with Crippen molar-refractivity contribution < 1.29 is 19.1 Å². The minimum absolute atomic E-state index is 0.00728. The average Bonchev–Trinajstić information content (AvgIpc) is 2.75. The standard InChI is InChI=1S/C28H46O4S/c1-20(2)11-8-12-21(3)13-9-14-22(4)15-10-16-23(5)17-18-33-25-19-24(29)27(31-6)28(32-7)26(25)30/h17,19-22H,8-16,18H2,1-7H3/b23-17+/t21-,22+/m0/s1. The Balaban J connectivity index is 2.26. The maximum atomic E-state index is 12.5. The van der Waals surface area contributed by atoms with Gasteiger partial charge in [-0.15, -0.1) is 11.8 Å². The number of hydrogen-bond donors (Lipinski definition) is 0. The number of allylic oxidation sites excluding steroid dienone is 3. The van der Waals surface area contributed by atoms with Gasteiger partial charge in [0.25, 0.3) is 0 Å². The maximum Gasteiger partial charge on any atom is 0.238 e. The minimum Gasteiger partial charge on any atom is -0.490 e. The van der Waals surface area contributed by atoms with Gasteiger partial charge in [0.1, 0.15) is 0 Å². The summed E-state index contributed by atoms with van der Waals surface area (Å²) in [7, 11) is 2.75. The van der Waals surface area contributed by atoms with Crippen LogP contribution in [0.25, 0.3) is 0 Å². The molecule has 1 aliphatic rings. The number of ketones is 2. The molecule has 0 heterocycles. The van der Waals surface area contributed by atoms with Gasteiger partial charge in [0.05, 0.1) is 19.1 Å². The second-order valence-electron chi connectivity index (χ2n) is 9.99. The Morgan fingerprint density at radius 3 is 1.97 bits per heavy atom. The predicted molar refractivity (Wildman–Crippen MR) is 140 cm³/mol. The van der Waals surface area contributed by atoms with Crippen molar-refractivity contribution in [1.29, 1.82) is 0 Å². The molecule has 0 radical (unpaired) electrons. The number of thioether (sulfide) groups is 1. The summed E-state index contributed by atoms with van der Waals surface area (Å²) < 4.78 is 10.1. The Labute approximate surface area is 206 Å². The molecule has 0 N–H and O–H groups in total. The molecule has 0 saturated heterocycles. The lowest BCUT2D eigenvalue weighted by Crippen LogP contribution is -2.20. The van der Waals surface area contributed by atoms with Crippen molar-refractivity contribution in [3.8, 4) is 0 Å². The highest BCUT2D eigenvalue weighted by atomic mass is 32.2. The summed E-state index contributed by atoms with van der Waals surface area (Å²) in [5, 5.41) is 0. The molecule has 0 spiro atoms. The van der Waals surface area contributed by atoms with E-state index in [1.165, 1.54) is 89.0 Å². The molecule has 0 unspecified atom stereocenters. The van der Waals surface area contributed by atoms with Crippen LogP contribution >= 0.6 is 11.8 Å². The third kappa shape index (κ3) is 11.5. The Bertz CT molecular complexity index is 717. The molecule has 5 heteroatoms. The quantitative estimate of drug-likeness (QED) is 0.159. The van der Waals surface area contributed by atoms with E-state index < -0.39 is 0 Å². The smallest absolute Gasteiger partial charge is 0.238 e. The molecular formula is C28H46O4S. The molecule has 0 bridgehead atoms. The van der Waals surface area contributed by atoms with E-state index in [1.54, 1.807) is 0 Å². The molecule has 1 rings (SSSR count). The van der Waals surface area contributed by atoms with Gasteiger partial charge in [-0.1, -0.05) is 84.3 Å². The third-order valence-electron chi connectivity index (χ3n) is 6.34. The molecule has 0 fully saturated rings. The zero-order valence-corrected chi connectivity index (χ0v) is 22.8. The molecule has 0 aromatic carbocycles. The molecule has 4 nitrogen and oxygen atoms in total. The van der Waals surface area contributed by atoms with E-state index in [4.69, 9.17) is 9.47 Å². The van der Waals surface area contributed by atoms with E-state index in [0.29, 0.717) is 10.7 Å². The first-order chi connectivity index (χ1) is 15.7. The van der Waals surface area contributed by atoms with Crippen LogP contribution in [0, 0.1) is 17.8 Å². The van der Waals surface area contributed by atoms with Crippen molar-refractivity contribution in [2.24, 2.45) is 17.8 Å². The molecule has 0 aliphatic heterocycles. The summed E-state index contributed by atoms with van der Waals surface area (Å²) in [5.74, 6) is 2.50. The van der Waals surface area contributed by atoms with E-state index in [-0.39, 0.29) is 23.1 Å². The van der Waals surface area contributed by atoms with Crippen LogP contribution in [-0.4, -0.2) is 31.5 Å². The number of carbonyl (C=O) groups excluding carboxylic acids is 2. The molecule has 0 saturated carbocycles.